The Balaban J connectivity index is 1.74. The molecule has 0 radical (unpaired) electrons. The van der Waals surface area contributed by atoms with Crippen LogP contribution in [-0.2, 0) is 17.8 Å². The molecule has 0 fully saturated rings. The highest BCUT2D eigenvalue weighted by Gasteiger charge is 2.23. The molecule has 0 aliphatic carbocycles. The number of carbonyl (C=O) groups excluding carboxylic acids is 1. The first-order valence-corrected chi connectivity index (χ1v) is 11.4. The Hall–Kier alpha value is -2.76. The Morgan fingerprint density at radius 1 is 1.06 bits per heavy atom. The lowest BCUT2D eigenvalue weighted by Crippen LogP contribution is -2.32. The predicted molar refractivity (Wildman–Crippen MR) is 129 cm³/mol. The number of aromatic nitrogens is 2. The van der Waals surface area contributed by atoms with Crippen molar-refractivity contribution in [2.45, 2.75) is 40.7 Å². The zero-order valence-corrected chi connectivity index (χ0v) is 19.6. The van der Waals surface area contributed by atoms with Gasteiger partial charge in [-0.25, -0.2) is 4.98 Å². The normalized spacial score (nSPS) is 11.1. The molecule has 6 heteroatoms. The minimum Gasteiger partial charge on any atom is -0.282 e. The monoisotopic (exact) mass is 449 g/mol. The number of hydrogen-bond acceptors (Lipinski definition) is 4. The zero-order valence-electron chi connectivity index (χ0n) is 18.1. The van der Waals surface area contributed by atoms with Crippen LogP contribution in [0.25, 0.3) is 10.2 Å². The van der Waals surface area contributed by atoms with Gasteiger partial charge in [-0.2, -0.15) is 0 Å². The molecule has 0 saturated carbocycles. The Labute approximate surface area is 191 Å². The number of rotatable bonds is 5. The van der Waals surface area contributed by atoms with E-state index in [0.29, 0.717) is 23.1 Å². The Morgan fingerprint density at radius 3 is 2.48 bits per heavy atom. The van der Waals surface area contributed by atoms with Crippen molar-refractivity contribution in [2.75, 3.05) is 4.90 Å². The third-order valence-corrected chi connectivity index (χ3v) is 6.94. The fourth-order valence-electron chi connectivity index (χ4n) is 3.86. The van der Waals surface area contributed by atoms with Crippen molar-refractivity contribution in [1.82, 2.24) is 9.97 Å². The molecule has 2 heterocycles. The molecular weight excluding hydrogens is 426 g/mol. The van der Waals surface area contributed by atoms with E-state index in [0.717, 1.165) is 38.2 Å². The molecule has 0 spiro atoms. The fraction of sp³-hybridized carbons (Fsp3) is 0.240. The first-order valence-electron chi connectivity index (χ1n) is 10.2. The largest absolute Gasteiger partial charge is 0.282 e. The molecule has 0 N–H and O–H groups in total. The van der Waals surface area contributed by atoms with E-state index >= 15 is 0 Å². The van der Waals surface area contributed by atoms with Crippen molar-refractivity contribution in [1.29, 1.82) is 0 Å². The number of benzene rings is 2. The summed E-state index contributed by atoms with van der Waals surface area (Å²) < 4.78 is 1.01. The van der Waals surface area contributed by atoms with Gasteiger partial charge in [0.25, 0.3) is 0 Å². The van der Waals surface area contributed by atoms with E-state index in [1.165, 1.54) is 16.9 Å². The molecule has 4 aromatic rings. The van der Waals surface area contributed by atoms with E-state index in [2.05, 4.69) is 37.9 Å². The topological polar surface area (TPSA) is 46.1 Å². The van der Waals surface area contributed by atoms with Gasteiger partial charge in [-0.3, -0.25) is 14.7 Å². The molecule has 0 unspecified atom stereocenters. The van der Waals surface area contributed by atoms with Crippen LogP contribution in [0, 0.1) is 27.7 Å². The molecule has 0 aliphatic rings. The molecule has 0 saturated heterocycles. The molecule has 0 atom stereocenters. The summed E-state index contributed by atoms with van der Waals surface area (Å²) in [7, 11) is 0. The lowest BCUT2D eigenvalue weighted by atomic mass is 9.97. The molecule has 1 amide bonds. The maximum Gasteiger partial charge on any atom is 0.233 e. The summed E-state index contributed by atoms with van der Waals surface area (Å²) in [5.74, 6) is 0.00325. The molecule has 2 aromatic carbocycles. The zero-order chi connectivity index (χ0) is 22.1. The van der Waals surface area contributed by atoms with Crippen LogP contribution >= 0.6 is 22.9 Å². The molecule has 158 valence electrons. The van der Waals surface area contributed by atoms with Crippen molar-refractivity contribution in [3.05, 3.63) is 87.2 Å². The van der Waals surface area contributed by atoms with Gasteiger partial charge >= 0.3 is 0 Å². The van der Waals surface area contributed by atoms with Gasteiger partial charge in [0.15, 0.2) is 5.13 Å². The summed E-state index contributed by atoms with van der Waals surface area (Å²) in [4.78, 5) is 24.6. The van der Waals surface area contributed by atoms with Gasteiger partial charge in [-0.1, -0.05) is 46.7 Å². The maximum absolute atomic E-state index is 13.6. The van der Waals surface area contributed by atoms with E-state index in [9.17, 15) is 4.79 Å². The number of halogens is 1. The summed E-state index contributed by atoms with van der Waals surface area (Å²) in [6, 6.07) is 13.8. The minimum absolute atomic E-state index is 0.00325. The number of hydrogen-bond donors (Lipinski definition) is 0. The first-order chi connectivity index (χ1) is 14.8. The number of carbonyl (C=O) groups is 1. The summed E-state index contributed by atoms with van der Waals surface area (Å²) in [6.07, 6.45) is 2.06. The number of nitrogens with zero attached hydrogens (tertiary/aromatic N) is 3. The van der Waals surface area contributed by atoms with Crippen LogP contribution in [0.5, 0.6) is 0 Å². The lowest BCUT2D eigenvalue weighted by molar-refractivity contribution is -0.118. The van der Waals surface area contributed by atoms with E-state index in [1.54, 1.807) is 11.1 Å². The number of anilines is 1. The Bertz CT molecular complexity index is 1240. The van der Waals surface area contributed by atoms with Gasteiger partial charge in [0.1, 0.15) is 0 Å². The second-order valence-corrected chi connectivity index (χ2v) is 9.29. The van der Waals surface area contributed by atoms with Crippen LogP contribution in [0.1, 0.15) is 33.5 Å². The van der Waals surface area contributed by atoms with E-state index in [1.807, 2.05) is 37.3 Å². The summed E-state index contributed by atoms with van der Waals surface area (Å²) in [5.41, 5.74) is 7.14. The number of aryl methyl sites for hydroxylation is 4. The third kappa shape index (κ3) is 4.48. The van der Waals surface area contributed by atoms with Crippen molar-refractivity contribution in [3.63, 3.8) is 0 Å². The van der Waals surface area contributed by atoms with Crippen molar-refractivity contribution in [2.24, 2.45) is 0 Å². The van der Waals surface area contributed by atoms with Crippen LogP contribution in [-0.4, -0.2) is 15.9 Å². The van der Waals surface area contributed by atoms with Crippen LogP contribution in [0.15, 0.2) is 48.7 Å². The van der Waals surface area contributed by atoms with E-state index < -0.39 is 0 Å². The molecule has 0 bridgehead atoms. The number of pyridine rings is 1. The number of thiazole rings is 1. The maximum atomic E-state index is 13.6. The smallest absolute Gasteiger partial charge is 0.233 e. The van der Waals surface area contributed by atoms with Crippen LogP contribution < -0.4 is 4.90 Å². The molecule has 4 rings (SSSR count). The highest BCUT2D eigenvalue weighted by molar-refractivity contribution is 7.22. The van der Waals surface area contributed by atoms with Crippen molar-refractivity contribution in [3.8, 4) is 0 Å². The second-order valence-electron chi connectivity index (χ2n) is 7.87. The van der Waals surface area contributed by atoms with Crippen LogP contribution in [0.2, 0.25) is 5.02 Å². The van der Waals surface area contributed by atoms with Gasteiger partial charge in [0.05, 0.1) is 28.9 Å². The fourth-order valence-corrected chi connectivity index (χ4v) is 5.05. The molecule has 31 heavy (non-hydrogen) atoms. The standard InChI is InChI=1S/C25H24ClN3OS/c1-15-11-16(2)20(17(3)12-15)13-23(30)29(14-19-7-5-6-10-27-19)25-28-24-18(4)21(26)8-9-22(24)31-25/h5-12H,13-14H2,1-4H3. The summed E-state index contributed by atoms with van der Waals surface area (Å²) in [5, 5.41) is 1.34. The number of amides is 1. The highest BCUT2D eigenvalue weighted by atomic mass is 35.5. The molecular formula is C25H24ClN3OS. The molecule has 0 aliphatic heterocycles. The van der Waals surface area contributed by atoms with Gasteiger partial charge in [0.2, 0.25) is 5.91 Å². The first kappa shape index (κ1) is 21.5. The van der Waals surface area contributed by atoms with Gasteiger partial charge in [0, 0.05) is 11.2 Å². The summed E-state index contributed by atoms with van der Waals surface area (Å²) in [6.45, 7) is 8.53. The Kier molecular flexibility index (Phi) is 6.08. The van der Waals surface area contributed by atoms with Crippen LogP contribution in [0.3, 0.4) is 0 Å². The van der Waals surface area contributed by atoms with E-state index in [4.69, 9.17) is 16.6 Å². The van der Waals surface area contributed by atoms with Crippen molar-refractivity contribution < 1.29 is 4.79 Å². The number of fused-ring (bicyclic) bond motifs is 1. The third-order valence-electron chi connectivity index (χ3n) is 5.48. The molecule has 2 aromatic heterocycles. The SMILES string of the molecule is Cc1cc(C)c(CC(=O)N(Cc2ccccn2)c2nc3c(C)c(Cl)ccc3s2)c(C)c1. The van der Waals surface area contributed by atoms with E-state index in [-0.39, 0.29) is 5.91 Å². The predicted octanol–water partition coefficient (Wildman–Crippen LogP) is 6.35. The average molecular weight is 450 g/mol. The van der Waals surface area contributed by atoms with Crippen LogP contribution in [0.4, 0.5) is 5.13 Å². The Morgan fingerprint density at radius 2 is 1.81 bits per heavy atom. The highest BCUT2D eigenvalue weighted by Crippen LogP contribution is 2.34. The lowest BCUT2D eigenvalue weighted by Gasteiger charge is -2.21. The van der Waals surface area contributed by atoms with Gasteiger partial charge < -0.3 is 0 Å². The minimum atomic E-state index is 0.00325. The quantitative estimate of drug-likeness (QED) is 0.356. The van der Waals surface area contributed by atoms with Crippen molar-refractivity contribution >= 4 is 44.2 Å². The van der Waals surface area contributed by atoms with Gasteiger partial charge in [-0.05, 0) is 74.2 Å². The second kappa shape index (κ2) is 8.77. The van der Waals surface area contributed by atoms with Gasteiger partial charge in [-0.15, -0.1) is 0 Å². The molecule has 4 nitrogen and oxygen atoms in total. The average Bonchev–Trinajstić information content (AvgIpc) is 3.17. The summed E-state index contributed by atoms with van der Waals surface area (Å²) >= 11 is 7.80.